The molecule has 1 amide bonds. The van der Waals surface area contributed by atoms with Crippen LogP contribution in [0.15, 0.2) is 47.4 Å². The molecule has 0 spiro atoms. The Morgan fingerprint density at radius 2 is 1.66 bits per heavy atom. The van der Waals surface area contributed by atoms with Crippen molar-refractivity contribution in [1.29, 1.82) is 0 Å². The van der Waals surface area contributed by atoms with Crippen LogP contribution in [0, 0.1) is 6.92 Å². The topological polar surface area (TPSA) is 66.5 Å². The van der Waals surface area contributed by atoms with Gasteiger partial charge in [0, 0.05) is 13.1 Å². The van der Waals surface area contributed by atoms with Gasteiger partial charge in [0.25, 0.3) is 5.91 Å². The molecule has 1 heterocycles. The van der Waals surface area contributed by atoms with Crippen LogP contribution in [0.4, 0.5) is 0 Å². The van der Waals surface area contributed by atoms with Crippen LogP contribution in [0.1, 0.15) is 60.1 Å². The number of nitrogens with one attached hydrogen (secondary N) is 1. The fourth-order valence-electron chi connectivity index (χ4n) is 3.48. The predicted molar refractivity (Wildman–Crippen MR) is 116 cm³/mol. The summed E-state index contributed by atoms with van der Waals surface area (Å²) in [7, 11) is -3.65. The number of aryl methyl sites for hydroxylation is 1. The van der Waals surface area contributed by atoms with Crippen molar-refractivity contribution in [3.63, 3.8) is 0 Å². The molecule has 1 aliphatic heterocycles. The van der Waals surface area contributed by atoms with Gasteiger partial charge in [0.2, 0.25) is 10.0 Å². The van der Waals surface area contributed by atoms with Gasteiger partial charge in [0.1, 0.15) is 0 Å². The lowest BCUT2D eigenvalue weighted by Gasteiger charge is -2.21. The third kappa shape index (κ3) is 5.18. The second kappa shape index (κ2) is 9.28. The van der Waals surface area contributed by atoms with Crippen LogP contribution in [0.3, 0.4) is 0 Å². The maximum Gasteiger partial charge on any atom is 0.253 e. The van der Waals surface area contributed by atoms with Gasteiger partial charge in [-0.1, -0.05) is 54.3 Å². The third-order valence-electron chi connectivity index (χ3n) is 5.31. The molecule has 1 atom stereocenters. The van der Waals surface area contributed by atoms with E-state index in [0.717, 1.165) is 36.8 Å². The molecule has 1 fully saturated rings. The van der Waals surface area contributed by atoms with Crippen molar-refractivity contribution in [2.75, 3.05) is 13.1 Å². The Kier molecular flexibility index (Phi) is 6.98. The average Bonchev–Trinajstić information content (AvgIpc) is 2.98. The standard InChI is InChI=1S/C22H27ClN2O3S/c1-16-7-9-18(10-8-16)17(2)24-22(26)20-15-19(11-12-21(20)23)29(27,28)25-13-5-3-4-6-14-25/h7-12,15,17H,3-6,13-14H2,1-2H3,(H,24,26). The number of carbonyl (C=O) groups is 1. The zero-order valence-corrected chi connectivity index (χ0v) is 18.4. The average molecular weight is 435 g/mol. The van der Waals surface area contributed by atoms with E-state index >= 15 is 0 Å². The van der Waals surface area contributed by atoms with Crippen molar-refractivity contribution in [2.45, 2.75) is 50.5 Å². The molecular formula is C22H27ClN2O3S. The number of benzene rings is 2. The Hall–Kier alpha value is -1.89. The molecule has 0 saturated carbocycles. The zero-order chi connectivity index (χ0) is 21.0. The smallest absolute Gasteiger partial charge is 0.253 e. The minimum Gasteiger partial charge on any atom is -0.345 e. The van der Waals surface area contributed by atoms with Crippen LogP contribution in [0.2, 0.25) is 5.02 Å². The summed E-state index contributed by atoms with van der Waals surface area (Å²) in [6, 6.07) is 12.0. The van der Waals surface area contributed by atoms with Gasteiger partial charge in [-0.2, -0.15) is 4.31 Å². The van der Waals surface area contributed by atoms with Gasteiger partial charge in [0.15, 0.2) is 0 Å². The van der Waals surface area contributed by atoms with Crippen molar-refractivity contribution in [2.24, 2.45) is 0 Å². The maximum atomic E-state index is 13.1. The molecule has 2 aromatic carbocycles. The van der Waals surface area contributed by atoms with E-state index in [1.54, 1.807) is 0 Å². The van der Waals surface area contributed by atoms with E-state index in [1.807, 2.05) is 38.1 Å². The summed E-state index contributed by atoms with van der Waals surface area (Å²) in [6.45, 7) is 4.91. The van der Waals surface area contributed by atoms with Gasteiger partial charge in [-0.25, -0.2) is 8.42 Å². The minimum atomic E-state index is -3.65. The summed E-state index contributed by atoms with van der Waals surface area (Å²) in [6.07, 6.45) is 3.79. The van der Waals surface area contributed by atoms with E-state index in [4.69, 9.17) is 11.6 Å². The van der Waals surface area contributed by atoms with Crippen molar-refractivity contribution in [3.8, 4) is 0 Å². The first-order valence-electron chi connectivity index (χ1n) is 9.96. The summed E-state index contributed by atoms with van der Waals surface area (Å²) in [5.41, 5.74) is 2.27. The van der Waals surface area contributed by atoms with Gasteiger partial charge < -0.3 is 5.32 Å². The molecule has 0 radical (unpaired) electrons. The van der Waals surface area contributed by atoms with E-state index in [1.165, 1.54) is 22.5 Å². The maximum absolute atomic E-state index is 13.1. The van der Waals surface area contributed by atoms with Crippen LogP contribution in [-0.2, 0) is 10.0 Å². The quantitative estimate of drug-likeness (QED) is 0.741. The van der Waals surface area contributed by atoms with Gasteiger partial charge in [-0.05, 0) is 50.5 Å². The number of sulfonamides is 1. The number of hydrogen-bond acceptors (Lipinski definition) is 3. The van der Waals surface area contributed by atoms with Gasteiger partial charge in [0.05, 0.1) is 21.5 Å². The molecule has 0 aromatic heterocycles. The summed E-state index contributed by atoms with van der Waals surface area (Å²) >= 11 is 6.23. The first-order valence-corrected chi connectivity index (χ1v) is 11.8. The Bertz CT molecular complexity index is 966. The highest BCUT2D eigenvalue weighted by molar-refractivity contribution is 7.89. The van der Waals surface area contributed by atoms with Gasteiger partial charge in [-0.3, -0.25) is 4.79 Å². The van der Waals surface area contributed by atoms with Crippen LogP contribution < -0.4 is 5.32 Å². The lowest BCUT2D eigenvalue weighted by molar-refractivity contribution is 0.0940. The van der Waals surface area contributed by atoms with Crippen molar-refractivity contribution in [3.05, 3.63) is 64.2 Å². The lowest BCUT2D eigenvalue weighted by Crippen LogP contribution is -2.32. The molecule has 2 aromatic rings. The van der Waals surface area contributed by atoms with E-state index in [9.17, 15) is 13.2 Å². The Morgan fingerprint density at radius 1 is 1.03 bits per heavy atom. The summed E-state index contributed by atoms with van der Waals surface area (Å²) in [4.78, 5) is 12.9. The molecule has 7 heteroatoms. The van der Waals surface area contributed by atoms with E-state index in [-0.39, 0.29) is 21.5 Å². The fraction of sp³-hybridized carbons (Fsp3) is 0.409. The predicted octanol–water partition coefficient (Wildman–Crippen LogP) is 4.70. The highest BCUT2D eigenvalue weighted by Gasteiger charge is 2.27. The highest BCUT2D eigenvalue weighted by atomic mass is 35.5. The normalized spacial score (nSPS) is 16.8. The van der Waals surface area contributed by atoms with Gasteiger partial charge in [-0.15, -0.1) is 0 Å². The monoisotopic (exact) mass is 434 g/mol. The van der Waals surface area contributed by atoms with Crippen molar-refractivity contribution < 1.29 is 13.2 Å². The SMILES string of the molecule is Cc1ccc(C(C)NC(=O)c2cc(S(=O)(=O)N3CCCCCC3)ccc2Cl)cc1. The number of halogens is 1. The second-order valence-corrected chi connectivity index (χ2v) is 9.91. The number of rotatable bonds is 5. The van der Waals surface area contributed by atoms with Crippen molar-refractivity contribution >= 4 is 27.5 Å². The second-order valence-electron chi connectivity index (χ2n) is 7.57. The molecule has 5 nitrogen and oxygen atoms in total. The summed E-state index contributed by atoms with van der Waals surface area (Å²) < 4.78 is 27.6. The van der Waals surface area contributed by atoms with Crippen LogP contribution >= 0.6 is 11.6 Å². The Labute approximate surface area is 178 Å². The van der Waals surface area contributed by atoms with Crippen molar-refractivity contribution in [1.82, 2.24) is 9.62 Å². The first kappa shape index (κ1) is 21.8. The van der Waals surface area contributed by atoms with E-state index < -0.39 is 15.9 Å². The summed E-state index contributed by atoms with van der Waals surface area (Å²) in [5, 5.41) is 3.14. The largest absolute Gasteiger partial charge is 0.345 e. The Balaban J connectivity index is 1.82. The first-order chi connectivity index (χ1) is 13.8. The third-order valence-corrected chi connectivity index (χ3v) is 7.53. The summed E-state index contributed by atoms with van der Waals surface area (Å²) in [5.74, 6) is -0.393. The Morgan fingerprint density at radius 3 is 2.28 bits per heavy atom. The molecule has 1 saturated heterocycles. The fourth-order valence-corrected chi connectivity index (χ4v) is 5.23. The van der Waals surface area contributed by atoms with E-state index in [2.05, 4.69) is 5.32 Å². The van der Waals surface area contributed by atoms with E-state index in [0.29, 0.717) is 13.1 Å². The molecular weight excluding hydrogens is 408 g/mol. The molecule has 1 N–H and O–H groups in total. The number of carbonyl (C=O) groups excluding carboxylic acids is 1. The van der Waals surface area contributed by atoms with Crippen LogP contribution in [0.25, 0.3) is 0 Å². The van der Waals surface area contributed by atoms with Crippen LogP contribution in [-0.4, -0.2) is 31.7 Å². The number of hydrogen-bond donors (Lipinski definition) is 1. The molecule has 0 bridgehead atoms. The highest BCUT2D eigenvalue weighted by Crippen LogP contribution is 2.25. The molecule has 156 valence electrons. The van der Waals surface area contributed by atoms with Crippen LogP contribution in [0.5, 0.6) is 0 Å². The number of nitrogens with zero attached hydrogens (tertiary/aromatic N) is 1. The number of amides is 1. The zero-order valence-electron chi connectivity index (χ0n) is 16.8. The molecule has 3 rings (SSSR count). The molecule has 1 aliphatic rings. The minimum absolute atomic E-state index is 0.108. The van der Waals surface area contributed by atoms with Gasteiger partial charge >= 0.3 is 0 Å². The molecule has 1 unspecified atom stereocenters. The lowest BCUT2D eigenvalue weighted by atomic mass is 10.1. The molecule has 29 heavy (non-hydrogen) atoms. The molecule has 0 aliphatic carbocycles.